The quantitative estimate of drug-likeness (QED) is 0.141. The van der Waals surface area contributed by atoms with Gasteiger partial charge in [-0.05, 0) is 59.9 Å². The van der Waals surface area contributed by atoms with E-state index in [2.05, 4.69) is 17.4 Å². The molecule has 1 aliphatic carbocycles. The van der Waals surface area contributed by atoms with Crippen molar-refractivity contribution in [2.45, 2.75) is 83.1 Å². The lowest BCUT2D eigenvalue weighted by molar-refractivity contribution is -0.154. The maximum atomic E-state index is 14.2. The fraction of sp³-hybridized carbons (Fsp3) is 0.349. The Morgan fingerprint density at radius 1 is 0.686 bits per heavy atom. The number of carbonyl (C=O) groups is 4. The highest BCUT2D eigenvalue weighted by Crippen LogP contribution is 2.42. The lowest BCUT2D eigenvalue weighted by atomic mass is 9.81. The third-order valence-corrected chi connectivity index (χ3v) is 10.1. The molecule has 264 valence electrons. The Morgan fingerprint density at radius 2 is 1.25 bits per heavy atom. The van der Waals surface area contributed by atoms with Crippen LogP contribution in [0.5, 0.6) is 0 Å². The second-order valence-corrected chi connectivity index (χ2v) is 13.8. The number of rotatable bonds is 14. The highest BCUT2D eigenvalue weighted by Gasteiger charge is 2.44. The van der Waals surface area contributed by atoms with Crippen LogP contribution >= 0.6 is 0 Å². The third kappa shape index (κ3) is 9.51. The molecule has 0 spiro atoms. The molecule has 0 radical (unpaired) electrons. The number of ether oxygens (including phenoxy) is 2. The molecular formula is C43H46N2O6. The first kappa shape index (κ1) is 35.6. The number of carbonyl (C=O) groups excluding carboxylic acids is 4. The van der Waals surface area contributed by atoms with Crippen molar-refractivity contribution in [1.29, 1.82) is 0 Å². The van der Waals surface area contributed by atoms with Crippen molar-refractivity contribution in [3.8, 4) is 11.1 Å². The van der Waals surface area contributed by atoms with Crippen molar-refractivity contribution >= 4 is 23.8 Å². The molecule has 1 aliphatic heterocycles. The maximum Gasteiger partial charge on any atom is 0.329 e. The van der Waals surface area contributed by atoms with Crippen LogP contribution in [0, 0.1) is 5.41 Å². The lowest BCUT2D eigenvalue weighted by Gasteiger charge is -2.31. The van der Waals surface area contributed by atoms with E-state index in [0.29, 0.717) is 38.6 Å². The van der Waals surface area contributed by atoms with Gasteiger partial charge in [-0.25, -0.2) is 4.79 Å². The summed E-state index contributed by atoms with van der Waals surface area (Å²) >= 11 is 0. The Labute approximate surface area is 300 Å². The van der Waals surface area contributed by atoms with E-state index in [0.717, 1.165) is 40.7 Å². The van der Waals surface area contributed by atoms with Crippen LogP contribution in [0.25, 0.3) is 11.1 Å². The zero-order valence-corrected chi connectivity index (χ0v) is 29.0. The smallest absolute Gasteiger partial charge is 0.329 e. The summed E-state index contributed by atoms with van der Waals surface area (Å²) in [7, 11) is 0. The van der Waals surface area contributed by atoms with Gasteiger partial charge in [-0.3, -0.25) is 14.4 Å². The van der Waals surface area contributed by atoms with Crippen molar-refractivity contribution < 1.29 is 28.7 Å². The van der Waals surface area contributed by atoms with Gasteiger partial charge in [0.2, 0.25) is 11.8 Å². The monoisotopic (exact) mass is 686 g/mol. The number of nitrogens with one attached hydrogen (secondary N) is 1. The van der Waals surface area contributed by atoms with Gasteiger partial charge in [0.15, 0.2) is 0 Å². The van der Waals surface area contributed by atoms with Gasteiger partial charge in [0.1, 0.15) is 19.3 Å². The molecular weight excluding hydrogens is 640 g/mol. The number of amides is 2. The molecule has 2 fully saturated rings. The fourth-order valence-electron chi connectivity index (χ4n) is 7.33. The van der Waals surface area contributed by atoms with Crippen LogP contribution < -0.4 is 5.32 Å². The van der Waals surface area contributed by atoms with Crippen molar-refractivity contribution in [1.82, 2.24) is 10.2 Å². The van der Waals surface area contributed by atoms with Gasteiger partial charge in [-0.1, -0.05) is 128 Å². The molecule has 2 aliphatic rings. The Bertz CT molecular complexity index is 1750. The van der Waals surface area contributed by atoms with Gasteiger partial charge in [0.05, 0.1) is 11.8 Å². The van der Waals surface area contributed by atoms with E-state index >= 15 is 0 Å². The molecule has 8 nitrogen and oxygen atoms in total. The molecule has 4 aromatic rings. The molecule has 1 saturated carbocycles. The zero-order chi connectivity index (χ0) is 35.5. The van der Waals surface area contributed by atoms with Crippen molar-refractivity contribution in [2.24, 2.45) is 5.41 Å². The van der Waals surface area contributed by atoms with Crippen LogP contribution in [0.4, 0.5) is 0 Å². The van der Waals surface area contributed by atoms with Crippen LogP contribution in [-0.2, 0) is 48.3 Å². The number of esters is 2. The molecule has 6 rings (SSSR count). The molecule has 1 heterocycles. The number of hydrogen-bond acceptors (Lipinski definition) is 6. The summed E-state index contributed by atoms with van der Waals surface area (Å²) in [5.74, 6) is -1.26. The van der Waals surface area contributed by atoms with Crippen LogP contribution in [0.1, 0.15) is 68.1 Å². The fourth-order valence-corrected chi connectivity index (χ4v) is 7.33. The number of likely N-dealkylation sites (tertiary alicyclic amines) is 1. The van der Waals surface area contributed by atoms with Crippen LogP contribution in [0.2, 0.25) is 0 Å². The minimum absolute atomic E-state index is 0.0143. The SMILES string of the molecule is O=C(CC1(C(=O)N[C@H](CC(=O)N2CCC[C@H]2C(=O)OCc2ccccc2)Cc2ccc(-c3ccccc3)cc2)CCCC1)OCc1ccccc1. The first-order valence-electron chi connectivity index (χ1n) is 18.0. The van der Waals surface area contributed by atoms with Gasteiger partial charge in [-0.2, -0.15) is 0 Å². The summed E-state index contributed by atoms with van der Waals surface area (Å²) in [5, 5.41) is 3.21. The third-order valence-electron chi connectivity index (χ3n) is 10.1. The minimum atomic E-state index is -0.899. The number of benzene rings is 4. The molecule has 0 aromatic heterocycles. The molecule has 4 aromatic carbocycles. The molecule has 0 unspecified atom stereocenters. The average Bonchev–Trinajstić information content (AvgIpc) is 3.86. The standard InChI is InChI=1S/C43H46N2O6/c46-39(45-26-12-19-38(45)41(48)51-31-34-15-6-2-7-16-34)28-37(27-32-20-22-36(23-21-32)35-17-8-3-9-18-35)44-42(49)43(24-10-11-25-43)29-40(47)50-30-33-13-4-1-5-14-33/h1-9,13-18,20-23,37-38H,10-12,19,24-31H2,(H,44,49)/t37-,38-/m0/s1. The Balaban J connectivity index is 1.15. The molecule has 1 N–H and O–H groups in total. The van der Waals surface area contributed by atoms with Crippen molar-refractivity contribution in [2.75, 3.05) is 6.54 Å². The first-order chi connectivity index (χ1) is 24.9. The highest BCUT2D eigenvalue weighted by molar-refractivity contribution is 5.89. The number of hydrogen-bond donors (Lipinski definition) is 1. The van der Waals surface area contributed by atoms with Crippen molar-refractivity contribution in [3.63, 3.8) is 0 Å². The normalized spacial score (nSPS) is 17.0. The summed E-state index contributed by atoms with van der Waals surface area (Å²) in [4.78, 5) is 56.0. The lowest BCUT2D eigenvalue weighted by Crippen LogP contribution is -2.49. The Morgan fingerprint density at radius 3 is 1.88 bits per heavy atom. The van der Waals surface area contributed by atoms with E-state index in [1.807, 2.05) is 103 Å². The zero-order valence-electron chi connectivity index (χ0n) is 29.0. The Kier molecular flexibility index (Phi) is 11.9. The molecule has 0 bridgehead atoms. The van der Waals surface area contributed by atoms with Crippen LogP contribution in [0.3, 0.4) is 0 Å². The first-order valence-corrected chi connectivity index (χ1v) is 18.0. The van der Waals surface area contributed by atoms with E-state index in [1.165, 1.54) is 0 Å². The van der Waals surface area contributed by atoms with Gasteiger partial charge in [0.25, 0.3) is 0 Å². The van der Waals surface area contributed by atoms with E-state index in [9.17, 15) is 19.2 Å². The van der Waals surface area contributed by atoms with E-state index < -0.39 is 29.4 Å². The Hall–Kier alpha value is -5.24. The van der Waals surface area contributed by atoms with Gasteiger partial charge in [-0.15, -0.1) is 0 Å². The highest BCUT2D eigenvalue weighted by atomic mass is 16.5. The van der Waals surface area contributed by atoms with Gasteiger partial charge < -0.3 is 19.7 Å². The van der Waals surface area contributed by atoms with E-state index in [1.54, 1.807) is 4.90 Å². The summed E-state index contributed by atoms with van der Waals surface area (Å²) in [6.45, 7) is 0.748. The van der Waals surface area contributed by atoms with Crippen molar-refractivity contribution in [3.05, 3.63) is 132 Å². The van der Waals surface area contributed by atoms with Gasteiger partial charge in [0, 0.05) is 19.0 Å². The average molecular weight is 687 g/mol. The molecule has 2 atom stereocenters. The van der Waals surface area contributed by atoms with Crippen LogP contribution in [0.15, 0.2) is 115 Å². The summed E-state index contributed by atoms with van der Waals surface area (Å²) < 4.78 is 11.2. The summed E-state index contributed by atoms with van der Waals surface area (Å²) in [5.41, 5.74) is 4.01. The van der Waals surface area contributed by atoms with Crippen LogP contribution in [-0.4, -0.2) is 47.3 Å². The predicted molar refractivity (Wildman–Crippen MR) is 195 cm³/mol. The largest absolute Gasteiger partial charge is 0.461 e. The predicted octanol–water partition coefficient (Wildman–Crippen LogP) is 7.20. The summed E-state index contributed by atoms with van der Waals surface area (Å²) in [6, 6.07) is 36.0. The molecule has 1 saturated heterocycles. The molecule has 2 amide bonds. The summed E-state index contributed by atoms with van der Waals surface area (Å²) in [6.07, 6.45) is 4.48. The van der Waals surface area contributed by atoms with Gasteiger partial charge >= 0.3 is 11.9 Å². The number of nitrogens with zero attached hydrogens (tertiary/aromatic N) is 1. The molecule has 51 heavy (non-hydrogen) atoms. The topological polar surface area (TPSA) is 102 Å². The maximum absolute atomic E-state index is 14.2. The van der Waals surface area contributed by atoms with E-state index in [4.69, 9.17) is 9.47 Å². The second-order valence-electron chi connectivity index (χ2n) is 13.8. The molecule has 8 heteroatoms. The second kappa shape index (κ2) is 17.1. The van der Waals surface area contributed by atoms with E-state index in [-0.39, 0.29) is 37.9 Å². The minimum Gasteiger partial charge on any atom is -0.461 e.